The molecule has 3 N–H and O–H groups in total. The van der Waals surface area contributed by atoms with Gasteiger partial charge in [0, 0.05) is 16.8 Å². The van der Waals surface area contributed by atoms with Crippen LogP contribution in [-0.2, 0) is 16.6 Å². The number of nitrogens with zero attached hydrogens (tertiary/aromatic N) is 4. The van der Waals surface area contributed by atoms with Gasteiger partial charge in [0.05, 0.1) is 22.2 Å². The topological polar surface area (TPSA) is 98.7 Å². The Morgan fingerprint density at radius 2 is 2.00 bits per heavy atom. The van der Waals surface area contributed by atoms with Gasteiger partial charge in [-0.05, 0) is 44.9 Å². The number of carbonyl (C=O) groups excluding carboxylic acids is 1. The molecule has 1 amide bonds. The fraction of sp³-hybridized carbons (Fsp3) is 0.368. The summed E-state index contributed by atoms with van der Waals surface area (Å²) in [6.07, 6.45) is -5.16. The van der Waals surface area contributed by atoms with Crippen LogP contribution in [0.4, 0.5) is 24.8 Å². The number of hydrogen-bond acceptors (Lipinski definition) is 5. The molecule has 3 aromatic rings. The molecular formula is C19H18ClF3N6O. The molecule has 1 aliphatic heterocycles. The van der Waals surface area contributed by atoms with Crippen molar-refractivity contribution in [2.24, 2.45) is 0 Å². The maximum Gasteiger partial charge on any atom is 0.389 e. The lowest BCUT2D eigenvalue weighted by Gasteiger charge is -2.16. The molecule has 1 aromatic carbocycles. The van der Waals surface area contributed by atoms with E-state index in [-0.39, 0.29) is 30.5 Å². The van der Waals surface area contributed by atoms with Crippen LogP contribution in [0, 0.1) is 0 Å². The van der Waals surface area contributed by atoms with E-state index < -0.39 is 18.0 Å². The largest absolute Gasteiger partial charge is 0.389 e. The highest BCUT2D eigenvalue weighted by atomic mass is 35.5. The standard InChI is InChI=1S/C19H18ClF3N6O/c1-18(2)13-14(24)25-17(27-15(13)26-16(18)30)29-12-6-5-9(20)8-10(12)11(28-29)4-3-7-19(21,22)23/h5-6,8H,3-4,7H2,1-2H3,(H3,24,25,26,27,30). The predicted molar refractivity (Wildman–Crippen MR) is 107 cm³/mol. The summed E-state index contributed by atoms with van der Waals surface area (Å²) in [6, 6.07) is 4.97. The number of aryl methyl sites for hydroxylation is 1. The molecule has 11 heteroatoms. The van der Waals surface area contributed by atoms with Gasteiger partial charge in [-0.3, -0.25) is 4.79 Å². The predicted octanol–water partition coefficient (Wildman–Crippen LogP) is 4.17. The summed E-state index contributed by atoms with van der Waals surface area (Å²) < 4.78 is 39.1. The molecule has 0 saturated heterocycles. The lowest BCUT2D eigenvalue weighted by Crippen LogP contribution is -2.27. The first-order valence-corrected chi connectivity index (χ1v) is 9.59. The smallest absolute Gasteiger partial charge is 0.383 e. The number of amides is 1. The van der Waals surface area contributed by atoms with Crippen molar-refractivity contribution in [3.63, 3.8) is 0 Å². The van der Waals surface area contributed by atoms with Gasteiger partial charge in [0.2, 0.25) is 5.91 Å². The van der Waals surface area contributed by atoms with Gasteiger partial charge in [-0.1, -0.05) is 11.6 Å². The third-order valence-corrected chi connectivity index (χ3v) is 5.37. The van der Waals surface area contributed by atoms with Crippen LogP contribution in [0.3, 0.4) is 0 Å². The zero-order valence-electron chi connectivity index (χ0n) is 16.1. The first kappa shape index (κ1) is 20.4. The monoisotopic (exact) mass is 438 g/mol. The highest BCUT2D eigenvalue weighted by molar-refractivity contribution is 6.31. The van der Waals surface area contributed by atoms with E-state index >= 15 is 0 Å². The van der Waals surface area contributed by atoms with Crippen molar-refractivity contribution in [3.8, 4) is 5.95 Å². The summed E-state index contributed by atoms with van der Waals surface area (Å²) in [7, 11) is 0. The van der Waals surface area contributed by atoms with E-state index in [9.17, 15) is 18.0 Å². The maximum atomic E-state index is 12.6. The van der Waals surface area contributed by atoms with E-state index in [1.807, 2.05) is 0 Å². The van der Waals surface area contributed by atoms with Crippen LogP contribution in [0.2, 0.25) is 5.02 Å². The molecule has 0 saturated carbocycles. The number of nitrogens with one attached hydrogen (secondary N) is 1. The van der Waals surface area contributed by atoms with Crippen LogP contribution in [-0.4, -0.2) is 31.8 Å². The quantitative estimate of drug-likeness (QED) is 0.637. The average molecular weight is 439 g/mol. The molecule has 1 aliphatic rings. The second kappa shape index (κ2) is 6.83. The van der Waals surface area contributed by atoms with Crippen LogP contribution in [0.25, 0.3) is 16.9 Å². The lowest BCUT2D eigenvalue weighted by atomic mass is 9.87. The van der Waals surface area contributed by atoms with Gasteiger partial charge in [-0.15, -0.1) is 0 Å². The molecule has 0 radical (unpaired) electrons. The number of alkyl halides is 3. The van der Waals surface area contributed by atoms with Crippen molar-refractivity contribution in [1.82, 2.24) is 19.7 Å². The normalized spacial score (nSPS) is 15.5. The van der Waals surface area contributed by atoms with Crippen molar-refractivity contribution in [2.75, 3.05) is 11.1 Å². The minimum Gasteiger partial charge on any atom is -0.383 e. The fourth-order valence-electron chi connectivity index (χ4n) is 3.59. The summed E-state index contributed by atoms with van der Waals surface area (Å²) in [5.41, 5.74) is 6.77. The van der Waals surface area contributed by atoms with E-state index in [1.165, 1.54) is 4.68 Å². The first-order valence-electron chi connectivity index (χ1n) is 9.21. The molecule has 0 bridgehead atoms. The number of anilines is 2. The molecule has 7 nitrogen and oxygen atoms in total. The summed E-state index contributed by atoms with van der Waals surface area (Å²) in [6.45, 7) is 3.44. The first-order chi connectivity index (χ1) is 14.0. The molecule has 0 aliphatic carbocycles. The highest BCUT2D eigenvalue weighted by Gasteiger charge is 2.42. The highest BCUT2D eigenvalue weighted by Crippen LogP contribution is 2.39. The van der Waals surface area contributed by atoms with E-state index in [0.29, 0.717) is 33.0 Å². The van der Waals surface area contributed by atoms with Gasteiger partial charge in [0.25, 0.3) is 5.95 Å². The van der Waals surface area contributed by atoms with Crippen LogP contribution in [0.1, 0.15) is 37.9 Å². The van der Waals surface area contributed by atoms with Crippen LogP contribution < -0.4 is 11.1 Å². The molecule has 30 heavy (non-hydrogen) atoms. The number of nitrogens with two attached hydrogens (primary N) is 1. The minimum absolute atomic E-state index is 0.105. The number of carbonyl (C=O) groups is 1. The van der Waals surface area contributed by atoms with Gasteiger partial charge in [-0.25, -0.2) is 0 Å². The van der Waals surface area contributed by atoms with Crippen molar-refractivity contribution in [1.29, 1.82) is 0 Å². The van der Waals surface area contributed by atoms with Crippen molar-refractivity contribution in [3.05, 3.63) is 34.5 Å². The van der Waals surface area contributed by atoms with Crippen LogP contribution in [0.5, 0.6) is 0 Å². The second-order valence-electron chi connectivity index (χ2n) is 7.70. The number of hydrogen-bond donors (Lipinski definition) is 2. The molecule has 0 spiro atoms. The molecular weight excluding hydrogens is 421 g/mol. The average Bonchev–Trinajstić information content (AvgIpc) is 3.08. The fourth-order valence-corrected chi connectivity index (χ4v) is 3.76. The molecule has 0 fully saturated rings. The second-order valence-corrected chi connectivity index (χ2v) is 8.14. The van der Waals surface area contributed by atoms with Crippen molar-refractivity contribution in [2.45, 2.75) is 44.7 Å². The third-order valence-electron chi connectivity index (χ3n) is 5.13. The zero-order valence-corrected chi connectivity index (χ0v) is 16.9. The Balaban J connectivity index is 1.80. The molecule has 2 aromatic heterocycles. The van der Waals surface area contributed by atoms with Gasteiger partial charge >= 0.3 is 6.18 Å². The Morgan fingerprint density at radius 3 is 2.70 bits per heavy atom. The van der Waals surface area contributed by atoms with Gasteiger partial charge in [0.15, 0.2) is 0 Å². The van der Waals surface area contributed by atoms with E-state index in [0.717, 1.165) is 0 Å². The number of aromatic nitrogens is 4. The van der Waals surface area contributed by atoms with Crippen molar-refractivity contribution < 1.29 is 18.0 Å². The Hall–Kier alpha value is -2.88. The van der Waals surface area contributed by atoms with E-state index in [1.54, 1.807) is 32.0 Å². The Morgan fingerprint density at radius 1 is 1.27 bits per heavy atom. The number of rotatable bonds is 4. The number of halogens is 4. The van der Waals surface area contributed by atoms with Gasteiger partial charge in [-0.2, -0.15) is 32.9 Å². The summed E-state index contributed by atoms with van der Waals surface area (Å²) >= 11 is 6.09. The third kappa shape index (κ3) is 3.45. The van der Waals surface area contributed by atoms with Crippen LogP contribution in [0.15, 0.2) is 18.2 Å². The van der Waals surface area contributed by atoms with Gasteiger partial charge in [0.1, 0.15) is 11.6 Å². The summed E-state index contributed by atoms with van der Waals surface area (Å²) in [4.78, 5) is 21.0. The Labute approximate surface area is 174 Å². The molecule has 0 atom stereocenters. The number of benzene rings is 1. The molecule has 158 valence electrons. The Kier molecular flexibility index (Phi) is 4.64. The van der Waals surface area contributed by atoms with Crippen LogP contribution >= 0.6 is 11.6 Å². The van der Waals surface area contributed by atoms with E-state index in [2.05, 4.69) is 20.4 Å². The zero-order chi connectivity index (χ0) is 21.8. The summed E-state index contributed by atoms with van der Waals surface area (Å²) in [5.74, 6) is 0.289. The van der Waals surface area contributed by atoms with Gasteiger partial charge < -0.3 is 11.1 Å². The van der Waals surface area contributed by atoms with E-state index in [4.69, 9.17) is 17.3 Å². The molecule has 4 rings (SSSR count). The van der Waals surface area contributed by atoms with Crippen molar-refractivity contribution >= 4 is 40.0 Å². The maximum absolute atomic E-state index is 12.6. The Bertz CT molecular complexity index is 1170. The SMILES string of the molecule is CC1(C)C(=O)Nc2nc(-n3nc(CCCC(F)(F)F)c4cc(Cl)ccc43)nc(N)c21. The number of fused-ring (bicyclic) bond motifs is 2. The summed E-state index contributed by atoms with van der Waals surface area (Å²) in [5, 5.41) is 8.18. The molecule has 0 unspecified atom stereocenters. The lowest BCUT2D eigenvalue weighted by molar-refractivity contribution is -0.135. The number of nitrogen functional groups attached to an aromatic ring is 1. The molecule has 3 heterocycles. The minimum atomic E-state index is -4.24.